The highest BCUT2D eigenvalue weighted by atomic mass is 79.9. The number of benzene rings is 1. The van der Waals surface area contributed by atoms with Crippen LogP contribution in [0.5, 0.6) is 5.75 Å². The topological polar surface area (TPSA) is 75.3 Å². The summed E-state index contributed by atoms with van der Waals surface area (Å²) in [6, 6.07) is 4.44. The molecule has 1 unspecified atom stereocenters. The van der Waals surface area contributed by atoms with Crippen LogP contribution < -0.4 is 11.1 Å². The van der Waals surface area contributed by atoms with Gasteiger partial charge >= 0.3 is 0 Å². The third-order valence-corrected chi connectivity index (χ3v) is 4.85. The quantitative estimate of drug-likeness (QED) is 0.711. The Morgan fingerprint density at radius 3 is 2.62 bits per heavy atom. The molecule has 4 N–H and O–H groups in total. The van der Waals surface area contributed by atoms with Gasteiger partial charge in [-0.15, -0.1) is 0 Å². The van der Waals surface area contributed by atoms with Crippen LogP contribution in [0.3, 0.4) is 0 Å². The van der Waals surface area contributed by atoms with Crippen LogP contribution in [0, 0.1) is 5.92 Å². The van der Waals surface area contributed by atoms with Crippen molar-refractivity contribution in [1.29, 1.82) is 0 Å². The first-order valence-corrected chi connectivity index (χ1v) is 8.28. The number of halogens is 1. The van der Waals surface area contributed by atoms with Gasteiger partial charge in [0.25, 0.3) is 5.91 Å². The van der Waals surface area contributed by atoms with Gasteiger partial charge in [0.15, 0.2) is 0 Å². The van der Waals surface area contributed by atoms with Crippen molar-refractivity contribution >= 4 is 39.0 Å². The maximum atomic E-state index is 12.3. The number of hydrogen-bond acceptors (Lipinski definition) is 3. The van der Waals surface area contributed by atoms with E-state index in [2.05, 4.69) is 21.2 Å². The summed E-state index contributed by atoms with van der Waals surface area (Å²) in [5, 5.41) is 12.6. The summed E-state index contributed by atoms with van der Waals surface area (Å²) in [6.45, 7) is 0. The van der Waals surface area contributed by atoms with Crippen molar-refractivity contribution in [1.82, 2.24) is 5.32 Å². The van der Waals surface area contributed by atoms with E-state index in [1.54, 1.807) is 12.1 Å². The fourth-order valence-corrected chi connectivity index (χ4v) is 3.27. The van der Waals surface area contributed by atoms with Crippen LogP contribution in [0.25, 0.3) is 0 Å². The minimum atomic E-state index is -0.279. The van der Waals surface area contributed by atoms with Crippen molar-refractivity contribution < 1.29 is 9.90 Å². The van der Waals surface area contributed by atoms with Crippen molar-refractivity contribution in [2.45, 2.75) is 38.1 Å². The van der Waals surface area contributed by atoms with E-state index in [4.69, 9.17) is 18.0 Å². The molecule has 21 heavy (non-hydrogen) atoms. The molecule has 1 fully saturated rings. The van der Waals surface area contributed by atoms with E-state index in [1.165, 1.54) is 12.5 Å². The van der Waals surface area contributed by atoms with Gasteiger partial charge in [0, 0.05) is 5.56 Å². The van der Waals surface area contributed by atoms with Crippen LogP contribution >= 0.6 is 28.1 Å². The van der Waals surface area contributed by atoms with Gasteiger partial charge in [-0.25, -0.2) is 0 Å². The van der Waals surface area contributed by atoms with Gasteiger partial charge in [-0.2, -0.15) is 0 Å². The Morgan fingerprint density at radius 1 is 1.38 bits per heavy atom. The first kappa shape index (κ1) is 16.2. The lowest BCUT2D eigenvalue weighted by atomic mass is 9.83. The molecule has 4 nitrogen and oxygen atoms in total. The molecular formula is C15H19BrN2O2S. The summed E-state index contributed by atoms with van der Waals surface area (Å²) in [5.41, 5.74) is 6.20. The molecule has 1 amide bonds. The number of nitrogens with two attached hydrogens (primary N) is 1. The molecule has 0 spiro atoms. The molecule has 0 aliphatic heterocycles. The number of nitrogens with one attached hydrogen (secondary N) is 1. The molecule has 0 heterocycles. The predicted octanol–water partition coefficient (Wildman–Crippen LogP) is 3.12. The van der Waals surface area contributed by atoms with Gasteiger partial charge in [-0.05, 0) is 52.9 Å². The van der Waals surface area contributed by atoms with Crippen LogP contribution in [0.1, 0.15) is 42.5 Å². The van der Waals surface area contributed by atoms with E-state index in [0.717, 1.165) is 25.7 Å². The first-order chi connectivity index (χ1) is 9.99. The van der Waals surface area contributed by atoms with Crippen LogP contribution in [0.2, 0.25) is 0 Å². The summed E-state index contributed by atoms with van der Waals surface area (Å²) in [6.07, 6.45) is 5.61. The Morgan fingerprint density at radius 2 is 2.05 bits per heavy atom. The lowest BCUT2D eigenvalue weighted by Crippen LogP contribution is -2.48. The van der Waals surface area contributed by atoms with E-state index in [1.807, 2.05) is 0 Å². The highest BCUT2D eigenvalue weighted by Crippen LogP contribution is 2.28. The zero-order chi connectivity index (χ0) is 15.4. The van der Waals surface area contributed by atoms with Crippen molar-refractivity contribution in [2.75, 3.05) is 0 Å². The second kappa shape index (κ2) is 7.22. The van der Waals surface area contributed by atoms with Crippen LogP contribution in [-0.2, 0) is 0 Å². The predicted molar refractivity (Wildman–Crippen MR) is 90.4 cm³/mol. The minimum absolute atomic E-state index is 0.0344. The Bertz CT molecular complexity index is 544. The monoisotopic (exact) mass is 370 g/mol. The van der Waals surface area contributed by atoms with Crippen molar-refractivity contribution in [2.24, 2.45) is 11.7 Å². The molecule has 0 radical (unpaired) electrons. The summed E-state index contributed by atoms with van der Waals surface area (Å²) >= 11 is 8.31. The second-order valence-electron chi connectivity index (χ2n) is 5.42. The molecule has 1 aromatic rings. The molecule has 1 aliphatic carbocycles. The second-order valence-corrected chi connectivity index (χ2v) is 6.74. The Kier molecular flexibility index (Phi) is 5.58. The number of phenolic OH excluding ortho intramolecular Hbond substituents is 1. The number of rotatable bonds is 4. The number of phenols is 1. The van der Waals surface area contributed by atoms with Gasteiger partial charge in [-0.1, -0.05) is 31.5 Å². The minimum Gasteiger partial charge on any atom is -0.507 e. The average molecular weight is 371 g/mol. The largest absolute Gasteiger partial charge is 0.507 e. The number of hydrogen-bond donors (Lipinski definition) is 3. The van der Waals surface area contributed by atoms with E-state index >= 15 is 0 Å². The fraction of sp³-hybridized carbons (Fsp3) is 0.467. The molecule has 1 saturated carbocycles. The standard InChI is InChI=1S/C15H19BrN2O2S/c16-11-7-6-10(8-12(11)19)15(20)18-13(14(17)21)9-4-2-1-3-5-9/h6-9,13,19H,1-5H2,(H2,17,21)(H,18,20). The van der Waals surface area contributed by atoms with Crippen molar-refractivity contribution in [3.05, 3.63) is 28.2 Å². The van der Waals surface area contributed by atoms with Gasteiger partial charge in [0.05, 0.1) is 15.5 Å². The highest BCUT2D eigenvalue weighted by molar-refractivity contribution is 9.10. The van der Waals surface area contributed by atoms with Gasteiger partial charge in [-0.3, -0.25) is 4.79 Å². The Balaban J connectivity index is 2.10. The zero-order valence-corrected chi connectivity index (χ0v) is 14.0. The Labute approximate surface area is 138 Å². The Hall–Kier alpha value is -1.14. The zero-order valence-electron chi connectivity index (χ0n) is 11.6. The summed E-state index contributed by atoms with van der Waals surface area (Å²) in [5.74, 6) is 0.0811. The number of amides is 1. The van der Waals surface area contributed by atoms with E-state index < -0.39 is 0 Å². The van der Waals surface area contributed by atoms with E-state index in [-0.39, 0.29) is 17.7 Å². The molecule has 114 valence electrons. The molecule has 6 heteroatoms. The van der Waals surface area contributed by atoms with E-state index in [0.29, 0.717) is 20.9 Å². The fourth-order valence-electron chi connectivity index (χ4n) is 2.77. The van der Waals surface area contributed by atoms with Crippen molar-refractivity contribution in [3.8, 4) is 5.75 Å². The lowest BCUT2D eigenvalue weighted by molar-refractivity contribution is 0.0931. The molecule has 1 atom stereocenters. The molecule has 0 bridgehead atoms. The molecule has 2 rings (SSSR count). The molecule has 1 aromatic carbocycles. The molecule has 0 saturated heterocycles. The molecule has 1 aliphatic rings. The van der Waals surface area contributed by atoms with Crippen LogP contribution in [0.15, 0.2) is 22.7 Å². The van der Waals surface area contributed by atoms with Crippen molar-refractivity contribution in [3.63, 3.8) is 0 Å². The first-order valence-electron chi connectivity index (χ1n) is 7.07. The number of thiocarbonyl (C=S) groups is 1. The number of carbonyl (C=O) groups is 1. The summed E-state index contributed by atoms with van der Waals surface area (Å²) in [4.78, 5) is 12.6. The number of aromatic hydroxyl groups is 1. The third kappa shape index (κ3) is 4.17. The van der Waals surface area contributed by atoms with Gasteiger partial charge < -0.3 is 16.2 Å². The van der Waals surface area contributed by atoms with Crippen LogP contribution in [0.4, 0.5) is 0 Å². The molecule has 0 aromatic heterocycles. The maximum Gasteiger partial charge on any atom is 0.251 e. The lowest BCUT2D eigenvalue weighted by Gasteiger charge is -2.30. The summed E-state index contributed by atoms with van der Waals surface area (Å²) < 4.78 is 0.553. The number of carbonyl (C=O) groups excluding carboxylic acids is 1. The van der Waals surface area contributed by atoms with Gasteiger partial charge in [0.2, 0.25) is 0 Å². The third-order valence-electron chi connectivity index (χ3n) is 3.92. The van der Waals surface area contributed by atoms with E-state index in [9.17, 15) is 9.90 Å². The smallest absolute Gasteiger partial charge is 0.251 e. The average Bonchev–Trinajstić information content (AvgIpc) is 2.48. The van der Waals surface area contributed by atoms with Gasteiger partial charge in [0.1, 0.15) is 5.75 Å². The van der Waals surface area contributed by atoms with Crippen LogP contribution in [-0.4, -0.2) is 22.0 Å². The highest BCUT2D eigenvalue weighted by Gasteiger charge is 2.27. The molecular weight excluding hydrogens is 352 g/mol. The SMILES string of the molecule is NC(=S)C(NC(=O)c1ccc(Br)c(O)c1)C1CCCCC1. The summed E-state index contributed by atoms with van der Waals surface area (Å²) in [7, 11) is 0. The maximum absolute atomic E-state index is 12.3. The normalized spacial score (nSPS) is 17.2.